The minimum atomic E-state index is -0.553. The van der Waals surface area contributed by atoms with E-state index in [-0.39, 0.29) is 12.6 Å². The third kappa shape index (κ3) is 5.59. The highest BCUT2D eigenvalue weighted by Gasteiger charge is 2.09. The van der Waals surface area contributed by atoms with Crippen molar-refractivity contribution in [2.75, 3.05) is 25.6 Å². The fourth-order valence-electron chi connectivity index (χ4n) is 1.91. The number of hydrogen-bond acceptors (Lipinski definition) is 3. The molecule has 20 heavy (non-hydrogen) atoms. The van der Waals surface area contributed by atoms with E-state index in [1.807, 2.05) is 24.3 Å². The first-order valence-electron chi connectivity index (χ1n) is 6.85. The number of carbonyl (C=O) groups excluding carboxylic acids is 1. The summed E-state index contributed by atoms with van der Waals surface area (Å²) in [6.07, 6.45) is -0.0872. The molecule has 2 amide bonds. The standard InChI is InChI=1S/C15H24N2O3/c1-11(2)13-6-4-5-7-14(13)17-15(19)16-9-8-12(18)10-20-3/h4-7,11-12,18H,8-10H2,1-3H3,(H2,16,17,19). The number of urea groups is 1. The second-order valence-electron chi connectivity index (χ2n) is 5.02. The molecule has 0 heterocycles. The van der Waals surface area contributed by atoms with Crippen molar-refractivity contribution in [1.82, 2.24) is 5.32 Å². The normalized spacial score (nSPS) is 12.2. The lowest BCUT2D eigenvalue weighted by atomic mass is 10.0. The van der Waals surface area contributed by atoms with Crippen molar-refractivity contribution in [3.8, 4) is 0 Å². The van der Waals surface area contributed by atoms with Gasteiger partial charge in [0.05, 0.1) is 12.7 Å². The van der Waals surface area contributed by atoms with Gasteiger partial charge < -0.3 is 20.5 Å². The number of anilines is 1. The van der Waals surface area contributed by atoms with E-state index in [0.29, 0.717) is 18.9 Å². The average molecular weight is 280 g/mol. The molecule has 5 nitrogen and oxygen atoms in total. The third-order valence-electron chi connectivity index (χ3n) is 2.95. The first-order valence-corrected chi connectivity index (χ1v) is 6.85. The second kappa shape index (κ2) is 8.55. The van der Waals surface area contributed by atoms with Gasteiger partial charge in [-0.1, -0.05) is 32.0 Å². The summed E-state index contributed by atoms with van der Waals surface area (Å²) in [7, 11) is 1.53. The lowest BCUT2D eigenvalue weighted by molar-refractivity contribution is 0.0599. The predicted octanol–water partition coefficient (Wildman–Crippen LogP) is 2.33. The summed E-state index contributed by atoms with van der Waals surface area (Å²) >= 11 is 0. The van der Waals surface area contributed by atoms with E-state index in [1.54, 1.807) is 0 Å². The molecule has 0 aromatic heterocycles. The highest BCUT2D eigenvalue weighted by molar-refractivity contribution is 5.90. The van der Waals surface area contributed by atoms with Crippen molar-refractivity contribution >= 4 is 11.7 Å². The Labute approximate surface area is 120 Å². The summed E-state index contributed by atoms with van der Waals surface area (Å²) in [5.41, 5.74) is 1.92. The van der Waals surface area contributed by atoms with Crippen LogP contribution >= 0.6 is 0 Å². The Hall–Kier alpha value is -1.59. The summed E-state index contributed by atoms with van der Waals surface area (Å²) in [6, 6.07) is 7.48. The number of para-hydroxylation sites is 1. The van der Waals surface area contributed by atoms with E-state index in [0.717, 1.165) is 11.3 Å². The maximum Gasteiger partial charge on any atom is 0.319 e. The average Bonchev–Trinajstić information content (AvgIpc) is 2.39. The minimum Gasteiger partial charge on any atom is -0.391 e. The van der Waals surface area contributed by atoms with E-state index in [2.05, 4.69) is 24.5 Å². The maximum atomic E-state index is 11.8. The number of hydrogen-bond donors (Lipinski definition) is 3. The van der Waals surface area contributed by atoms with Crippen molar-refractivity contribution in [2.45, 2.75) is 32.3 Å². The molecule has 0 saturated heterocycles. The first-order chi connectivity index (χ1) is 9.54. The van der Waals surface area contributed by atoms with Gasteiger partial charge in [0.2, 0.25) is 0 Å². The number of ether oxygens (including phenoxy) is 1. The van der Waals surface area contributed by atoms with Crippen LogP contribution in [0.4, 0.5) is 10.5 Å². The lowest BCUT2D eigenvalue weighted by Gasteiger charge is -2.15. The van der Waals surface area contributed by atoms with Crippen LogP contribution in [-0.2, 0) is 4.74 Å². The number of aliphatic hydroxyl groups excluding tert-OH is 1. The first kappa shape index (κ1) is 16.5. The quantitative estimate of drug-likeness (QED) is 0.718. The molecule has 5 heteroatoms. The van der Waals surface area contributed by atoms with E-state index in [4.69, 9.17) is 4.74 Å². The molecule has 0 aliphatic carbocycles. The fourth-order valence-corrected chi connectivity index (χ4v) is 1.91. The van der Waals surface area contributed by atoms with Crippen LogP contribution in [0.3, 0.4) is 0 Å². The molecule has 1 aromatic carbocycles. The highest BCUT2D eigenvalue weighted by atomic mass is 16.5. The van der Waals surface area contributed by atoms with Crippen molar-refractivity contribution in [3.05, 3.63) is 29.8 Å². The van der Waals surface area contributed by atoms with Crippen LogP contribution < -0.4 is 10.6 Å². The van der Waals surface area contributed by atoms with Crippen molar-refractivity contribution in [2.24, 2.45) is 0 Å². The van der Waals surface area contributed by atoms with Crippen LogP contribution in [-0.4, -0.2) is 37.5 Å². The molecule has 0 bridgehead atoms. The topological polar surface area (TPSA) is 70.6 Å². The van der Waals surface area contributed by atoms with Crippen LogP contribution in [0.5, 0.6) is 0 Å². The Balaban J connectivity index is 2.43. The number of nitrogens with one attached hydrogen (secondary N) is 2. The Kier molecular flexibility index (Phi) is 7.04. The molecule has 1 unspecified atom stereocenters. The number of methoxy groups -OCH3 is 1. The molecule has 112 valence electrons. The number of benzene rings is 1. The lowest BCUT2D eigenvalue weighted by Crippen LogP contribution is -2.32. The molecule has 1 rings (SSSR count). The SMILES string of the molecule is COCC(O)CCNC(=O)Nc1ccccc1C(C)C. The van der Waals surface area contributed by atoms with Crippen LogP contribution in [0.25, 0.3) is 0 Å². The van der Waals surface area contributed by atoms with E-state index in [9.17, 15) is 9.90 Å². The van der Waals surface area contributed by atoms with E-state index in [1.165, 1.54) is 7.11 Å². The molecule has 0 aliphatic heterocycles. The summed E-state index contributed by atoms with van der Waals surface area (Å²) in [6.45, 7) is 4.85. The zero-order valence-electron chi connectivity index (χ0n) is 12.3. The maximum absolute atomic E-state index is 11.8. The molecule has 3 N–H and O–H groups in total. The molecule has 0 spiro atoms. The third-order valence-corrected chi connectivity index (χ3v) is 2.95. The summed E-state index contributed by atoms with van der Waals surface area (Å²) in [5.74, 6) is 0.343. The van der Waals surface area contributed by atoms with Crippen molar-refractivity contribution in [3.63, 3.8) is 0 Å². The minimum absolute atomic E-state index is 0.261. The summed E-state index contributed by atoms with van der Waals surface area (Å²) in [5, 5.41) is 15.0. The number of amides is 2. The molecule has 0 radical (unpaired) electrons. The van der Waals surface area contributed by atoms with E-state index < -0.39 is 6.10 Å². The highest BCUT2D eigenvalue weighted by Crippen LogP contribution is 2.23. The zero-order chi connectivity index (χ0) is 15.0. The van der Waals surface area contributed by atoms with Gasteiger partial charge in [-0.2, -0.15) is 0 Å². The van der Waals surface area contributed by atoms with Crippen LogP contribution in [0.15, 0.2) is 24.3 Å². The fraction of sp³-hybridized carbons (Fsp3) is 0.533. The van der Waals surface area contributed by atoms with Gasteiger partial charge in [0.15, 0.2) is 0 Å². The monoisotopic (exact) mass is 280 g/mol. The second-order valence-corrected chi connectivity index (χ2v) is 5.02. The van der Waals surface area contributed by atoms with Gasteiger partial charge >= 0.3 is 6.03 Å². The molecule has 0 saturated carbocycles. The Bertz CT molecular complexity index is 421. The van der Waals surface area contributed by atoms with Crippen molar-refractivity contribution < 1.29 is 14.6 Å². The van der Waals surface area contributed by atoms with Gasteiger partial charge in [0, 0.05) is 19.3 Å². The van der Waals surface area contributed by atoms with Crippen molar-refractivity contribution in [1.29, 1.82) is 0 Å². The number of rotatable bonds is 7. The van der Waals surface area contributed by atoms with Crippen LogP contribution in [0, 0.1) is 0 Å². The molecule has 0 aliphatic rings. The Morgan fingerprint density at radius 3 is 2.70 bits per heavy atom. The van der Waals surface area contributed by atoms with Gasteiger partial charge in [0.1, 0.15) is 0 Å². The van der Waals surface area contributed by atoms with Crippen LogP contribution in [0.1, 0.15) is 31.7 Å². The van der Waals surface area contributed by atoms with Crippen LogP contribution in [0.2, 0.25) is 0 Å². The zero-order valence-corrected chi connectivity index (χ0v) is 12.3. The van der Waals surface area contributed by atoms with Gasteiger partial charge in [-0.15, -0.1) is 0 Å². The predicted molar refractivity (Wildman–Crippen MR) is 80.1 cm³/mol. The van der Waals surface area contributed by atoms with E-state index >= 15 is 0 Å². The Morgan fingerprint density at radius 2 is 2.05 bits per heavy atom. The van der Waals surface area contributed by atoms with Gasteiger partial charge in [0.25, 0.3) is 0 Å². The van der Waals surface area contributed by atoms with Gasteiger partial charge in [-0.05, 0) is 24.0 Å². The molecule has 1 aromatic rings. The van der Waals surface area contributed by atoms with Gasteiger partial charge in [-0.3, -0.25) is 0 Å². The largest absolute Gasteiger partial charge is 0.391 e. The number of carbonyl (C=O) groups is 1. The van der Waals surface area contributed by atoms with Gasteiger partial charge in [-0.25, -0.2) is 4.79 Å². The molecular formula is C15H24N2O3. The smallest absolute Gasteiger partial charge is 0.319 e. The molecule has 1 atom stereocenters. The molecular weight excluding hydrogens is 256 g/mol. The summed E-state index contributed by atoms with van der Waals surface area (Å²) < 4.78 is 4.82. The Morgan fingerprint density at radius 1 is 1.35 bits per heavy atom. The number of aliphatic hydroxyl groups is 1. The molecule has 0 fully saturated rings. The summed E-state index contributed by atoms with van der Waals surface area (Å²) in [4.78, 5) is 11.8.